The molecule has 0 spiro atoms. The Kier molecular flexibility index (Phi) is 7.73. The number of nitrogens with one attached hydrogen (secondary N) is 1. The third kappa shape index (κ3) is 5.61. The zero-order valence-electron chi connectivity index (χ0n) is 12.8. The van der Waals surface area contributed by atoms with Gasteiger partial charge in [0.05, 0.1) is 5.69 Å². The SMILES string of the molecule is CCCC(=O)Nc1ccccc1OCCN(CC)CC. The fraction of sp³-hybridized carbons (Fsp3) is 0.562. The molecule has 1 rings (SSSR count). The minimum atomic E-state index is 0.0345. The maximum atomic E-state index is 11.7. The van der Waals surface area contributed by atoms with Gasteiger partial charge in [0.15, 0.2) is 0 Å². The number of amides is 1. The van der Waals surface area contributed by atoms with Gasteiger partial charge in [-0.2, -0.15) is 0 Å². The molecular weight excluding hydrogens is 252 g/mol. The number of nitrogens with zero attached hydrogens (tertiary/aromatic N) is 1. The molecule has 0 aliphatic heterocycles. The summed E-state index contributed by atoms with van der Waals surface area (Å²) in [5.41, 5.74) is 0.755. The number of carbonyl (C=O) groups excluding carboxylic acids is 1. The molecular formula is C16H26N2O2. The van der Waals surface area contributed by atoms with Crippen LogP contribution in [-0.2, 0) is 4.79 Å². The summed E-state index contributed by atoms with van der Waals surface area (Å²) in [4.78, 5) is 14.0. The van der Waals surface area contributed by atoms with Gasteiger partial charge in [-0.3, -0.25) is 4.79 Å². The minimum absolute atomic E-state index is 0.0345. The van der Waals surface area contributed by atoms with Crippen molar-refractivity contribution in [3.63, 3.8) is 0 Å². The maximum absolute atomic E-state index is 11.7. The topological polar surface area (TPSA) is 41.6 Å². The number of rotatable bonds is 9. The molecule has 20 heavy (non-hydrogen) atoms. The Balaban J connectivity index is 2.54. The zero-order valence-corrected chi connectivity index (χ0v) is 12.8. The number of ether oxygens (including phenoxy) is 1. The third-order valence-electron chi connectivity index (χ3n) is 3.20. The van der Waals surface area contributed by atoms with Gasteiger partial charge in [-0.15, -0.1) is 0 Å². The molecule has 0 saturated carbocycles. The molecule has 0 unspecified atom stereocenters. The third-order valence-corrected chi connectivity index (χ3v) is 3.20. The van der Waals surface area contributed by atoms with Crippen LogP contribution in [0.1, 0.15) is 33.6 Å². The van der Waals surface area contributed by atoms with Crippen molar-refractivity contribution in [2.24, 2.45) is 0 Å². The summed E-state index contributed by atoms with van der Waals surface area (Å²) in [5, 5.41) is 2.90. The molecule has 0 saturated heterocycles. The van der Waals surface area contributed by atoms with Crippen LogP contribution in [-0.4, -0.2) is 37.0 Å². The quantitative estimate of drug-likeness (QED) is 0.754. The van der Waals surface area contributed by atoms with Crippen LogP contribution in [0.25, 0.3) is 0 Å². The summed E-state index contributed by atoms with van der Waals surface area (Å²) in [7, 11) is 0. The second kappa shape index (κ2) is 9.37. The van der Waals surface area contributed by atoms with E-state index < -0.39 is 0 Å². The molecule has 1 aromatic carbocycles. The summed E-state index contributed by atoms with van der Waals surface area (Å²) in [6.45, 7) is 9.84. The number of hydrogen-bond donors (Lipinski definition) is 1. The maximum Gasteiger partial charge on any atom is 0.224 e. The fourth-order valence-electron chi connectivity index (χ4n) is 1.96. The molecule has 4 nitrogen and oxygen atoms in total. The molecule has 112 valence electrons. The second-order valence-corrected chi connectivity index (χ2v) is 4.67. The molecule has 1 N–H and O–H groups in total. The highest BCUT2D eigenvalue weighted by Gasteiger charge is 2.07. The number of benzene rings is 1. The van der Waals surface area contributed by atoms with Crippen molar-refractivity contribution in [3.05, 3.63) is 24.3 Å². The lowest BCUT2D eigenvalue weighted by Crippen LogP contribution is -2.28. The van der Waals surface area contributed by atoms with Gasteiger partial charge in [-0.1, -0.05) is 32.9 Å². The first kappa shape index (κ1) is 16.5. The van der Waals surface area contributed by atoms with Crippen molar-refractivity contribution in [3.8, 4) is 5.75 Å². The Morgan fingerprint density at radius 1 is 1.20 bits per heavy atom. The first-order valence-corrected chi connectivity index (χ1v) is 7.45. The summed E-state index contributed by atoms with van der Waals surface area (Å²) >= 11 is 0. The van der Waals surface area contributed by atoms with Crippen LogP contribution in [0.3, 0.4) is 0 Å². The van der Waals surface area contributed by atoms with Gasteiger partial charge in [0.2, 0.25) is 5.91 Å². The van der Waals surface area contributed by atoms with Crippen LogP contribution in [0.15, 0.2) is 24.3 Å². The van der Waals surface area contributed by atoms with Crippen LogP contribution < -0.4 is 10.1 Å². The van der Waals surface area contributed by atoms with Crippen LogP contribution in [0.5, 0.6) is 5.75 Å². The first-order chi connectivity index (χ1) is 9.71. The van der Waals surface area contributed by atoms with Crippen LogP contribution in [0, 0.1) is 0 Å². The predicted octanol–water partition coefficient (Wildman–Crippen LogP) is 3.15. The summed E-state index contributed by atoms with van der Waals surface area (Å²) in [6, 6.07) is 7.59. The van der Waals surface area contributed by atoms with E-state index >= 15 is 0 Å². The van der Waals surface area contributed by atoms with E-state index in [4.69, 9.17) is 4.74 Å². The largest absolute Gasteiger partial charge is 0.490 e. The van der Waals surface area contributed by atoms with Gasteiger partial charge in [0.1, 0.15) is 12.4 Å². The minimum Gasteiger partial charge on any atom is -0.490 e. The number of para-hydroxylation sites is 2. The smallest absolute Gasteiger partial charge is 0.224 e. The molecule has 0 heterocycles. The van der Waals surface area contributed by atoms with Gasteiger partial charge in [-0.25, -0.2) is 0 Å². The lowest BCUT2D eigenvalue weighted by atomic mass is 10.2. The van der Waals surface area contributed by atoms with Gasteiger partial charge < -0.3 is 15.0 Å². The van der Waals surface area contributed by atoms with Crippen LogP contribution >= 0.6 is 0 Å². The number of carbonyl (C=O) groups is 1. The number of hydrogen-bond acceptors (Lipinski definition) is 3. The van der Waals surface area contributed by atoms with Crippen molar-refractivity contribution in [1.82, 2.24) is 4.90 Å². The van der Waals surface area contributed by atoms with Crippen molar-refractivity contribution < 1.29 is 9.53 Å². The molecule has 0 radical (unpaired) electrons. The van der Waals surface area contributed by atoms with Crippen LogP contribution in [0.4, 0.5) is 5.69 Å². The highest BCUT2D eigenvalue weighted by Crippen LogP contribution is 2.23. The molecule has 0 fully saturated rings. The van der Waals surface area contributed by atoms with Gasteiger partial charge >= 0.3 is 0 Å². The molecule has 0 aliphatic rings. The van der Waals surface area contributed by atoms with Crippen LogP contribution in [0.2, 0.25) is 0 Å². The summed E-state index contributed by atoms with van der Waals surface area (Å²) in [6.07, 6.45) is 1.38. The Bertz CT molecular complexity index is 403. The second-order valence-electron chi connectivity index (χ2n) is 4.67. The molecule has 4 heteroatoms. The van der Waals surface area contributed by atoms with Crippen molar-refractivity contribution in [2.45, 2.75) is 33.6 Å². The average Bonchev–Trinajstić information content (AvgIpc) is 2.45. The van der Waals surface area contributed by atoms with Crippen molar-refractivity contribution in [2.75, 3.05) is 31.6 Å². The van der Waals surface area contributed by atoms with E-state index in [-0.39, 0.29) is 5.91 Å². The molecule has 0 aromatic heterocycles. The molecule has 0 atom stereocenters. The number of likely N-dealkylation sites (N-methyl/N-ethyl adjacent to an activating group) is 1. The lowest BCUT2D eigenvalue weighted by Gasteiger charge is -2.19. The van der Waals surface area contributed by atoms with Gasteiger partial charge in [0.25, 0.3) is 0 Å². The number of anilines is 1. The molecule has 0 aliphatic carbocycles. The van der Waals surface area contributed by atoms with E-state index in [9.17, 15) is 4.79 Å². The van der Waals surface area contributed by atoms with Crippen molar-refractivity contribution in [1.29, 1.82) is 0 Å². The standard InChI is InChI=1S/C16H26N2O2/c1-4-9-16(19)17-14-10-7-8-11-15(14)20-13-12-18(5-2)6-3/h7-8,10-11H,4-6,9,12-13H2,1-3H3,(H,17,19). The zero-order chi connectivity index (χ0) is 14.8. The van der Waals surface area contributed by atoms with E-state index in [1.807, 2.05) is 31.2 Å². The Morgan fingerprint density at radius 3 is 2.55 bits per heavy atom. The van der Waals surface area contributed by atoms with E-state index in [0.29, 0.717) is 13.0 Å². The fourth-order valence-corrected chi connectivity index (χ4v) is 1.96. The summed E-state index contributed by atoms with van der Waals surface area (Å²) < 4.78 is 5.79. The Labute approximate surface area is 122 Å². The Morgan fingerprint density at radius 2 is 1.90 bits per heavy atom. The Hall–Kier alpha value is -1.55. The lowest BCUT2D eigenvalue weighted by molar-refractivity contribution is -0.116. The van der Waals surface area contributed by atoms with Gasteiger partial charge in [0, 0.05) is 13.0 Å². The van der Waals surface area contributed by atoms with E-state index in [1.54, 1.807) is 0 Å². The van der Waals surface area contributed by atoms with E-state index in [2.05, 4.69) is 24.1 Å². The van der Waals surface area contributed by atoms with E-state index in [0.717, 1.165) is 37.5 Å². The summed E-state index contributed by atoms with van der Waals surface area (Å²) in [5.74, 6) is 0.774. The molecule has 1 aromatic rings. The normalized spacial score (nSPS) is 10.6. The molecule has 0 bridgehead atoms. The average molecular weight is 278 g/mol. The predicted molar refractivity (Wildman–Crippen MR) is 83.3 cm³/mol. The van der Waals surface area contributed by atoms with E-state index in [1.165, 1.54) is 0 Å². The first-order valence-electron chi connectivity index (χ1n) is 7.45. The highest BCUT2D eigenvalue weighted by atomic mass is 16.5. The van der Waals surface area contributed by atoms with Gasteiger partial charge in [-0.05, 0) is 31.6 Å². The molecule has 1 amide bonds. The van der Waals surface area contributed by atoms with Crippen molar-refractivity contribution >= 4 is 11.6 Å². The highest BCUT2D eigenvalue weighted by molar-refractivity contribution is 5.92. The monoisotopic (exact) mass is 278 g/mol.